The normalized spacial score (nSPS) is 12.2. The minimum atomic E-state index is -0.792. The van der Waals surface area contributed by atoms with Gasteiger partial charge in [-0.15, -0.1) is 11.3 Å². The molecule has 0 radical (unpaired) electrons. The van der Waals surface area contributed by atoms with Gasteiger partial charge in [0, 0.05) is 6.54 Å². The number of ether oxygens (including phenoxy) is 2. The molecule has 0 aliphatic carbocycles. The summed E-state index contributed by atoms with van der Waals surface area (Å²) in [5, 5.41) is 11.0. The molecule has 0 saturated heterocycles. The Morgan fingerprint density at radius 1 is 1.23 bits per heavy atom. The number of carbonyl (C=O) groups is 1. The third-order valence-corrected chi connectivity index (χ3v) is 6.46. The van der Waals surface area contributed by atoms with Crippen LogP contribution in [-0.4, -0.2) is 51.8 Å². The van der Waals surface area contributed by atoms with E-state index < -0.39 is 12.1 Å². The highest BCUT2D eigenvalue weighted by Crippen LogP contribution is 2.28. The van der Waals surface area contributed by atoms with Crippen LogP contribution in [0.2, 0.25) is 0 Å². The molecule has 35 heavy (non-hydrogen) atoms. The van der Waals surface area contributed by atoms with Crippen molar-refractivity contribution in [2.24, 2.45) is 0 Å². The lowest BCUT2D eigenvalue weighted by Crippen LogP contribution is -2.35. The average Bonchev–Trinajstić information content (AvgIpc) is 3.46. The molecule has 1 atom stereocenters. The molecule has 9 nitrogen and oxygen atoms in total. The fourth-order valence-corrected chi connectivity index (χ4v) is 4.83. The second-order valence-corrected chi connectivity index (χ2v) is 9.00. The van der Waals surface area contributed by atoms with Crippen LogP contribution in [-0.2, 0) is 17.8 Å². The summed E-state index contributed by atoms with van der Waals surface area (Å²) in [5.41, 5.74) is 0.241. The Morgan fingerprint density at radius 2 is 2.03 bits per heavy atom. The van der Waals surface area contributed by atoms with E-state index in [0.717, 1.165) is 11.3 Å². The predicted molar refractivity (Wildman–Crippen MR) is 132 cm³/mol. The van der Waals surface area contributed by atoms with Gasteiger partial charge in [0.15, 0.2) is 0 Å². The number of nitrogens with zero attached hydrogens (tertiary/aromatic N) is 2. The quantitative estimate of drug-likeness (QED) is 0.302. The topological polar surface area (TPSA) is 118 Å². The van der Waals surface area contributed by atoms with Crippen molar-refractivity contribution in [1.82, 2.24) is 14.9 Å². The molecule has 2 N–H and O–H groups in total. The first-order valence-electron chi connectivity index (χ1n) is 11.2. The van der Waals surface area contributed by atoms with E-state index in [9.17, 15) is 14.7 Å². The summed E-state index contributed by atoms with van der Waals surface area (Å²) in [4.78, 5) is 35.3. The lowest BCUT2D eigenvalue weighted by Gasteiger charge is -2.24. The minimum absolute atomic E-state index is 0.106. The number of thiophene rings is 1. The molecule has 184 valence electrons. The number of para-hydroxylation sites is 1. The Labute approximate surface area is 205 Å². The number of aliphatic hydroxyl groups is 1. The van der Waals surface area contributed by atoms with Crippen LogP contribution in [0, 0.1) is 6.92 Å². The SMILES string of the molecule is CCOC(=O)c1sc2nc(CN(Cc3ccco3)CC(O)COc3ccccc3)[nH]c(=O)c2c1C. The number of aromatic nitrogens is 2. The van der Waals surface area contributed by atoms with Gasteiger partial charge in [-0.2, -0.15) is 0 Å². The van der Waals surface area contributed by atoms with Gasteiger partial charge in [0.2, 0.25) is 0 Å². The molecular weight excluding hydrogens is 470 g/mol. The maximum Gasteiger partial charge on any atom is 0.348 e. The molecule has 0 amide bonds. The Hall–Kier alpha value is -3.47. The Kier molecular flexibility index (Phi) is 7.96. The minimum Gasteiger partial charge on any atom is -0.491 e. The lowest BCUT2D eigenvalue weighted by molar-refractivity contribution is 0.0531. The Bertz CT molecular complexity index is 1320. The molecule has 1 unspecified atom stereocenters. The third kappa shape index (κ3) is 6.16. The molecular formula is C25H27N3O6S. The molecule has 0 bridgehead atoms. The number of aromatic amines is 1. The number of nitrogens with one attached hydrogen (secondary N) is 1. The van der Waals surface area contributed by atoms with Crippen molar-refractivity contribution in [2.75, 3.05) is 19.8 Å². The second kappa shape index (κ2) is 11.3. The lowest BCUT2D eigenvalue weighted by atomic mass is 10.2. The van der Waals surface area contributed by atoms with E-state index >= 15 is 0 Å². The van der Waals surface area contributed by atoms with Crippen LogP contribution in [0.5, 0.6) is 5.75 Å². The average molecular weight is 498 g/mol. The standard InChI is InChI=1S/C25H27N3O6S/c1-3-32-25(31)22-16(2)21-23(30)26-20(27-24(21)35-22)14-28(13-19-10-7-11-33-19)12-17(29)15-34-18-8-5-4-6-9-18/h4-11,17,29H,3,12-15H2,1-2H3,(H,26,27,30). The van der Waals surface area contributed by atoms with Crippen LogP contribution < -0.4 is 10.3 Å². The van der Waals surface area contributed by atoms with E-state index in [1.807, 2.05) is 41.3 Å². The van der Waals surface area contributed by atoms with Gasteiger partial charge in [-0.25, -0.2) is 9.78 Å². The second-order valence-electron chi connectivity index (χ2n) is 8.00. The first-order valence-corrected chi connectivity index (χ1v) is 12.1. The van der Waals surface area contributed by atoms with E-state index in [2.05, 4.69) is 9.97 Å². The van der Waals surface area contributed by atoms with Crippen molar-refractivity contribution in [2.45, 2.75) is 33.0 Å². The van der Waals surface area contributed by atoms with Crippen LogP contribution in [0.15, 0.2) is 57.9 Å². The van der Waals surface area contributed by atoms with Crippen LogP contribution in [0.4, 0.5) is 0 Å². The highest BCUT2D eigenvalue weighted by molar-refractivity contribution is 7.20. The van der Waals surface area contributed by atoms with Gasteiger partial charge < -0.3 is 24.0 Å². The van der Waals surface area contributed by atoms with Crippen LogP contribution >= 0.6 is 11.3 Å². The number of furan rings is 1. The summed E-state index contributed by atoms with van der Waals surface area (Å²) < 4.78 is 16.3. The Balaban J connectivity index is 1.53. The monoisotopic (exact) mass is 497 g/mol. The maximum atomic E-state index is 12.8. The largest absolute Gasteiger partial charge is 0.491 e. The van der Waals surface area contributed by atoms with E-state index in [-0.39, 0.29) is 31.9 Å². The predicted octanol–water partition coefficient (Wildman–Crippen LogP) is 3.50. The molecule has 0 saturated carbocycles. The molecule has 3 heterocycles. The summed E-state index contributed by atoms with van der Waals surface area (Å²) in [6.45, 7) is 4.71. The highest BCUT2D eigenvalue weighted by Gasteiger charge is 2.21. The van der Waals surface area contributed by atoms with Gasteiger partial charge in [0.25, 0.3) is 5.56 Å². The van der Waals surface area contributed by atoms with Gasteiger partial charge in [0.05, 0.1) is 31.3 Å². The van der Waals surface area contributed by atoms with Gasteiger partial charge in [-0.05, 0) is 43.7 Å². The van der Waals surface area contributed by atoms with Gasteiger partial charge in [-0.1, -0.05) is 18.2 Å². The molecule has 10 heteroatoms. The van der Waals surface area contributed by atoms with Crippen LogP contribution in [0.3, 0.4) is 0 Å². The number of hydrogen-bond acceptors (Lipinski definition) is 9. The van der Waals surface area contributed by atoms with Crippen LogP contribution in [0.25, 0.3) is 10.2 Å². The molecule has 1 aromatic carbocycles. The number of benzene rings is 1. The number of fused-ring (bicyclic) bond motifs is 1. The zero-order valence-electron chi connectivity index (χ0n) is 19.5. The fraction of sp³-hybridized carbons (Fsp3) is 0.320. The number of aliphatic hydroxyl groups excluding tert-OH is 1. The Morgan fingerprint density at radius 3 is 2.74 bits per heavy atom. The van der Waals surface area contributed by atoms with E-state index in [4.69, 9.17) is 13.9 Å². The molecule has 0 fully saturated rings. The van der Waals surface area contributed by atoms with E-state index in [1.165, 1.54) is 0 Å². The van der Waals surface area contributed by atoms with Crippen molar-refractivity contribution in [3.8, 4) is 5.75 Å². The zero-order chi connectivity index (χ0) is 24.8. The summed E-state index contributed by atoms with van der Waals surface area (Å²) in [5.74, 6) is 1.34. The summed E-state index contributed by atoms with van der Waals surface area (Å²) >= 11 is 1.14. The molecule has 0 aliphatic heterocycles. The number of esters is 1. The van der Waals surface area contributed by atoms with Gasteiger partial charge in [0.1, 0.15) is 39.8 Å². The van der Waals surface area contributed by atoms with Crippen molar-refractivity contribution in [3.05, 3.63) is 81.1 Å². The van der Waals surface area contributed by atoms with E-state index in [1.54, 1.807) is 26.2 Å². The zero-order valence-corrected chi connectivity index (χ0v) is 20.3. The van der Waals surface area contributed by atoms with Crippen molar-refractivity contribution in [3.63, 3.8) is 0 Å². The maximum absolute atomic E-state index is 12.8. The smallest absolute Gasteiger partial charge is 0.348 e. The number of carbonyl (C=O) groups excluding carboxylic acids is 1. The number of H-pyrrole nitrogens is 1. The first-order chi connectivity index (χ1) is 16.9. The summed E-state index contributed by atoms with van der Waals surface area (Å²) in [7, 11) is 0. The molecule has 4 aromatic rings. The van der Waals surface area contributed by atoms with Crippen molar-refractivity contribution >= 4 is 27.5 Å². The number of hydrogen-bond donors (Lipinski definition) is 2. The molecule has 0 spiro atoms. The molecule has 4 rings (SSSR count). The van der Waals surface area contributed by atoms with E-state index in [0.29, 0.717) is 44.5 Å². The third-order valence-electron chi connectivity index (χ3n) is 5.30. The molecule has 0 aliphatic rings. The van der Waals surface area contributed by atoms with Crippen LogP contribution in [0.1, 0.15) is 33.7 Å². The number of aryl methyl sites for hydroxylation is 1. The summed E-state index contributed by atoms with van der Waals surface area (Å²) in [6.07, 6.45) is 0.792. The highest BCUT2D eigenvalue weighted by atomic mass is 32.1. The van der Waals surface area contributed by atoms with Crippen molar-refractivity contribution < 1.29 is 23.8 Å². The molecule has 3 aromatic heterocycles. The summed E-state index contributed by atoms with van der Waals surface area (Å²) in [6, 6.07) is 12.9. The first kappa shape index (κ1) is 24.6. The van der Waals surface area contributed by atoms with Crippen molar-refractivity contribution in [1.29, 1.82) is 0 Å². The fourth-order valence-electron chi connectivity index (χ4n) is 3.73. The van der Waals surface area contributed by atoms with Gasteiger partial charge >= 0.3 is 5.97 Å². The number of rotatable bonds is 11. The van der Waals surface area contributed by atoms with Gasteiger partial charge in [-0.3, -0.25) is 9.69 Å².